The average molecular weight is 235 g/mol. The molecule has 0 aliphatic heterocycles. The Kier molecular flexibility index (Phi) is 5.59. The molecule has 0 radical (unpaired) electrons. The van der Waals surface area contributed by atoms with E-state index < -0.39 is 0 Å². The molecule has 1 aromatic rings. The first-order valence-corrected chi connectivity index (χ1v) is 6.43. The van der Waals surface area contributed by atoms with Crippen molar-refractivity contribution in [2.75, 3.05) is 13.1 Å². The second kappa shape index (κ2) is 6.72. The van der Waals surface area contributed by atoms with Crippen LogP contribution in [-0.2, 0) is 0 Å². The Morgan fingerprint density at radius 2 is 1.94 bits per heavy atom. The smallest absolute Gasteiger partial charge is 0.0646 e. The zero-order chi connectivity index (χ0) is 12.8. The van der Waals surface area contributed by atoms with Gasteiger partial charge in [-0.2, -0.15) is 0 Å². The van der Waals surface area contributed by atoms with Crippen LogP contribution in [0.3, 0.4) is 0 Å². The molecule has 0 amide bonds. The lowest BCUT2D eigenvalue weighted by Gasteiger charge is -2.35. The van der Waals surface area contributed by atoms with Crippen molar-refractivity contribution in [3.8, 4) is 0 Å². The summed E-state index contributed by atoms with van der Waals surface area (Å²) in [5.74, 6) is 0.634. The van der Waals surface area contributed by atoms with Crippen LogP contribution < -0.4 is 5.73 Å². The molecule has 0 aliphatic carbocycles. The summed E-state index contributed by atoms with van der Waals surface area (Å²) < 4.78 is 0. The van der Waals surface area contributed by atoms with Gasteiger partial charge in [-0.3, -0.25) is 9.88 Å². The molecule has 1 atom stereocenters. The minimum Gasteiger partial charge on any atom is -0.329 e. The highest BCUT2D eigenvalue weighted by molar-refractivity contribution is 5.09. The van der Waals surface area contributed by atoms with Gasteiger partial charge in [0, 0.05) is 25.3 Å². The van der Waals surface area contributed by atoms with Crippen LogP contribution in [-0.4, -0.2) is 29.0 Å². The van der Waals surface area contributed by atoms with Crippen LogP contribution >= 0.6 is 0 Å². The second-order valence-electron chi connectivity index (χ2n) is 5.19. The molecular weight excluding hydrogens is 210 g/mol. The fourth-order valence-corrected chi connectivity index (χ4v) is 2.12. The Labute approximate surface area is 105 Å². The van der Waals surface area contributed by atoms with E-state index in [9.17, 15) is 0 Å². The van der Waals surface area contributed by atoms with Crippen molar-refractivity contribution in [3.05, 3.63) is 30.1 Å². The maximum atomic E-state index is 5.94. The van der Waals surface area contributed by atoms with Gasteiger partial charge in [-0.05, 0) is 31.9 Å². The third-order valence-corrected chi connectivity index (χ3v) is 2.89. The summed E-state index contributed by atoms with van der Waals surface area (Å²) in [5, 5.41) is 0. The minimum absolute atomic E-state index is 0.221. The number of nitrogens with zero attached hydrogens (tertiary/aromatic N) is 2. The lowest BCUT2D eigenvalue weighted by molar-refractivity contribution is 0.136. The summed E-state index contributed by atoms with van der Waals surface area (Å²) in [5.41, 5.74) is 7.01. The van der Waals surface area contributed by atoms with Crippen LogP contribution in [0, 0.1) is 5.92 Å². The van der Waals surface area contributed by atoms with E-state index in [1.165, 1.54) is 0 Å². The largest absolute Gasteiger partial charge is 0.329 e. The van der Waals surface area contributed by atoms with Crippen molar-refractivity contribution in [3.63, 3.8) is 0 Å². The summed E-state index contributed by atoms with van der Waals surface area (Å²) in [6.45, 7) is 10.6. The van der Waals surface area contributed by atoms with E-state index in [4.69, 9.17) is 5.73 Å². The number of nitrogens with two attached hydrogens (primary N) is 1. The van der Waals surface area contributed by atoms with Gasteiger partial charge in [-0.15, -0.1) is 0 Å². The fourth-order valence-electron chi connectivity index (χ4n) is 2.12. The van der Waals surface area contributed by atoms with Crippen molar-refractivity contribution in [1.82, 2.24) is 9.88 Å². The van der Waals surface area contributed by atoms with Gasteiger partial charge in [0.05, 0.1) is 11.7 Å². The first kappa shape index (κ1) is 14.1. The van der Waals surface area contributed by atoms with Crippen LogP contribution in [0.2, 0.25) is 0 Å². The summed E-state index contributed by atoms with van der Waals surface area (Å²) in [6, 6.07) is 6.73. The highest BCUT2D eigenvalue weighted by atomic mass is 15.2. The van der Waals surface area contributed by atoms with Gasteiger partial charge in [-0.1, -0.05) is 19.9 Å². The molecule has 17 heavy (non-hydrogen) atoms. The van der Waals surface area contributed by atoms with Gasteiger partial charge in [0.25, 0.3) is 0 Å². The molecule has 0 saturated heterocycles. The Morgan fingerprint density at radius 3 is 2.35 bits per heavy atom. The molecule has 0 aliphatic rings. The molecule has 3 nitrogen and oxygen atoms in total. The van der Waals surface area contributed by atoms with Gasteiger partial charge in [0.2, 0.25) is 0 Å². The van der Waals surface area contributed by atoms with Crippen molar-refractivity contribution in [1.29, 1.82) is 0 Å². The number of pyridine rings is 1. The number of rotatable bonds is 6. The minimum atomic E-state index is 0.221. The van der Waals surface area contributed by atoms with Crippen LogP contribution in [0.1, 0.15) is 39.4 Å². The van der Waals surface area contributed by atoms with Crippen molar-refractivity contribution >= 4 is 0 Å². The summed E-state index contributed by atoms with van der Waals surface area (Å²) >= 11 is 0. The first-order chi connectivity index (χ1) is 8.06. The monoisotopic (exact) mass is 235 g/mol. The molecule has 1 rings (SSSR count). The van der Waals surface area contributed by atoms with Crippen LogP contribution in [0.4, 0.5) is 0 Å². The molecule has 1 heterocycles. The lowest BCUT2D eigenvalue weighted by atomic mass is 10.1. The van der Waals surface area contributed by atoms with E-state index in [-0.39, 0.29) is 6.04 Å². The van der Waals surface area contributed by atoms with E-state index >= 15 is 0 Å². The van der Waals surface area contributed by atoms with E-state index in [1.807, 2.05) is 18.3 Å². The SMILES string of the molecule is CC(C)CN(C(C)C)C(CN)c1ccccn1. The third-order valence-electron chi connectivity index (χ3n) is 2.89. The van der Waals surface area contributed by atoms with Gasteiger partial charge in [-0.25, -0.2) is 0 Å². The molecule has 2 N–H and O–H groups in total. The zero-order valence-electron chi connectivity index (χ0n) is 11.4. The Hall–Kier alpha value is -0.930. The average Bonchev–Trinajstić information content (AvgIpc) is 2.29. The van der Waals surface area contributed by atoms with E-state index in [2.05, 4.69) is 43.6 Å². The molecule has 96 valence electrons. The number of hydrogen-bond donors (Lipinski definition) is 1. The number of hydrogen-bond acceptors (Lipinski definition) is 3. The van der Waals surface area contributed by atoms with Gasteiger partial charge in [0.15, 0.2) is 0 Å². The van der Waals surface area contributed by atoms with Crippen LogP contribution in [0.25, 0.3) is 0 Å². The Balaban J connectivity index is 2.89. The maximum Gasteiger partial charge on any atom is 0.0646 e. The second-order valence-corrected chi connectivity index (χ2v) is 5.19. The zero-order valence-corrected chi connectivity index (χ0v) is 11.4. The molecule has 3 heteroatoms. The van der Waals surface area contributed by atoms with Crippen LogP contribution in [0.15, 0.2) is 24.4 Å². The van der Waals surface area contributed by atoms with E-state index in [0.29, 0.717) is 18.5 Å². The molecule has 0 fully saturated rings. The van der Waals surface area contributed by atoms with Crippen molar-refractivity contribution in [2.24, 2.45) is 11.7 Å². The normalized spacial score (nSPS) is 13.6. The molecule has 1 unspecified atom stereocenters. The molecule has 0 spiro atoms. The van der Waals surface area contributed by atoms with E-state index in [0.717, 1.165) is 12.2 Å². The van der Waals surface area contributed by atoms with Crippen LogP contribution in [0.5, 0.6) is 0 Å². The lowest BCUT2D eigenvalue weighted by Crippen LogP contribution is -2.41. The topological polar surface area (TPSA) is 42.1 Å². The van der Waals surface area contributed by atoms with Gasteiger partial charge >= 0.3 is 0 Å². The van der Waals surface area contributed by atoms with E-state index in [1.54, 1.807) is 0 Å². The summed E-state index contributed by atoms with van der Waals surface area (Å²) in [6.07, 6.45) is 1.84. The molecule has 0 bridgehead atoms. The van der Waals surface area contributed by atoms with Crippen molar-refractivity contribution in [2.45, 2.75) is 39.8 Å². The third kappa shape index (κ3) is 4.10. The number of aromatic nitrogens is 1. The van der Waals surface area contributed by atoms with Gasteiger partial charge in [0.1, 0.15) is 0 Å². The fraction of sp³-hybridized carbons (Fsp3) is 0.643. The summed E-state index contributed by atoms with van der Waals surface area (Å²) in [7, 11) is 0. The molecule has 0 aromatic carbocycles. The standard InChI is InChI=1S/C14H25N3/c1-11(2)10-17(12(3)4)14(9-15)13-7-5-6-8-16-13/h5-8,11-12,14H,9-10,15H2,1-4H3. The Morgan fingerprint density at radius 1 is 1.24 bits per heavy atom. The Bertz CT molecular complexity index is 309. The first-order valence-electron chi connectivity index (χ1n) is 6.43. The molecular formula is C14H25N3. The summed E-state index contributed by atoms with van der Waals surface area (Å²) in [4.78, 5) is 6.88. The molecule has 0 saturated carbocycles. The highest BCUT2D eigenvalue weighted by Crippen LogP contribution is 2.21. The molecule has 1 aromatic heterocycles. The predicted molar refractivity (Wildman–Crippen MR) is 72.7 cm³/mol. The van der Waals surface area contributed by atoms with Gasteiger partial charge < -0.3 is 5.73 Å². The quantitative estimate of drug-likeness (QED) is 0.823. The highest BCUT2D eigenvalue weighted by Gasteiger charge is 2.23. The van der Waals surface area contributed by atoms with Crippen molar-refractivity contribution < 1.29 is 0 Å². The maximum absolute atomic E-state index is 5.94. The predicted octanol–water partition coefficient (Wildman–Crippen LogP) is 2.45.